The molecule has 7 nitrogen and oxygen atoms in total. The molecule has 0 radical (unpaired) electrons. The lowest BCUT2D eigenvalue weighted by Gasteiger charge is -2.29. The minimum atomic E-state index is -0.623. The van der Waals surface area contributed by atoms with Crippen molar-refractivity contribution in [3.63, 3.8) is 0 Å². The summed E-state index contributed by atoms with van der Waals surface area (Å²) in [4.78, 5) is 16.1. The first kappa shape index (κ1) is 26.9. The number of halogens is 3. The summed E-state index contributed by atoms with van der Waals surface area (Å²) in [7, 11) is 0. The minimum Gasteiger partial charge on any atom is -0.459 e. The van der Waals surface area contributed by atoms with Crippen molar-refractivity contribution in [2.24, 2.45) is 0 Å². The quantitative estimate of drug-likeness (QED) is 0.260. The van der Waals surface area contributed by atoms with Gasteiger partial charge in [0.15, 0.2) is 10.9 Å². The Labute approximate surface area is 245 Å². The zero-order valence-corrected chi connectivity index (χ0v) is 24.3. The SMILES string of the molecule is CC(CN1CCCCC1)Oc1nc(C2=CC3CCC(C2)N3)c2cc(Cl)c(-c3ccc(F)c4sc(N)nc34)c(F)c2n1. The molecule has 2 bridgehead atoms. The molecule has 3 aliphatic rings. The van der Waals surface area contributed by atoms with E-state index < -0.39 is 11.6 Å². The van der Waals surface area contributed by atoms with Gasteiger partial charge in [-0.1, -0.05) is 35.4 Å². The monoisotopic (exact) mass is 596 g/mol. The molecule has 3 unspecified atom stereocenters. The Balaban J connectivity index is 1.36. The number of rotatable bonds is 6. The average molecular weight is 597 g/mol. The molecule has 2 fully saturated rings. The topological polar surface area (TPSA) is 89.2 Å². The molecule has 214 valence electrons. The third-order valence-corrected chi connectivity index (χ3v) is 9.55. The van der Waals surface area contributed by atoms with Crippen molar-refractivity contribution in [1.82, 2.24) is 25.2 Å². The number of hydrogen-bond donors (Lipinski definition) is 2. The van der Waals surface area contributed by atoms with Crippen molar-refractivity contribution >= 4 is 54.8 Å². The first-order chi connectivity index (χ1) is 19.8. The van der Waals surface area contributed by atoms with E-state index in [1.54, 1.807) is 6.07 Å². The van der Waals surface area contributed by atoms with Crippen LogP contribution in [0.2, 0.25) is 5.02 Å². The number of piperidine rings is 1. The van der Waals surface area contributed by atoms with Gasteiger partial charge in [-0.15, -0.1) is 0 Å². The highest BCUT2D eigenvalue weighted by Gasteiger charge is 2.31. The van der Waals surface area contributed by atoms with Crippen LogP contribution in [0.15, 0.2) is 24.3 Å². The summed E-state index contributed by atoms with van der Waals surface area (Å²) in [6.45, 7) is 4.84. The van der Waals surface area contributed by atoms with E-state index in [9.17, 15) is 4.39 Å². The molecule has 0 saturated carbocycles. The maximum absolute atomic E-state index is 16.6. The van der Waals surface area contributed by atoms with Gasteiger partial charge in [0.2, 0.25) is 0 Å². The number of nitrogen functional groups attached to an aromatic ring is 1. The van der Waals surface area contributed by atoms with Crippen molar-refractivity contribution < 1.29 is 13.5 Å². The molecular weight excluding hydrogens is 566 g/mol. The molecule has 0 spiro atoms. The van der Waals surface area contributed by atoms with E-state index in [-0.39, 0.29) is 49.6 Å². The van der Waals surface area contributed by atoms with E-state index in [1.165, 1.54) is 31.4 Å². The van der Waals surface area contributed by atoms with Gasteiger partial charge < -0.3 is 15.8 Å². The van der Waals surface area contributed by atoms with Gasteiger partial charge >= 0.3 is 6.01 Å². The molecule has 5 heterocycles. The van der Waals surface area contributed by atoms with Crippen LogP contribution in [0.5, 0.6) is 6.01 Å². The number of benzene rings is 2. The van der Waals surface area contributed by atoms with Crippen LogP contribution in [0, 0.1) is 11.6 Å². The van der Waals surface area contributed by atoms with Gasteiger partial charge in [-0.3, -0.25) is 4.90 Å². The Morgan fingerprint density at radius 1 is 1.15 bits per heavy atom. The maximum Gasteiger partial charge on any atom is 0.317 e. The first-order valence-corrected chi connectivity index (χ1v) is 15.4. The number of likely N-dealkylation sites (tertiary alicyclic amines) is 1. The number of hydrogen-bond acceptors (Lipinski definition) is 8. The number of ether oxygens (including phenoxy) is 1. The molecule has 0 amide bonds. The molecule has 7 rings (SSSR count). The highest BCUT2D eigenvalue weighted by atomic mass is 35.5. The third kappa shape index (κ3) is 5.05. The minimum absolute atomic E-state index is 0.103. The Bertz CT molecular complexity index is 1690. The number of thiazole rings is 1. The molecule has 4 aromatic rings. The molecule has 41 heavy (non-hydrogen) atoms. The summed E-state index contributed by atoms with van der Waals surface area (Å²) in [5, 5.41) is 4.49. The van der Waals surface area contributed by atoms with E-state index in [0.29, 0.717) is 22.7 Å². The van der Waals surface area contributed by atoms with E-state index in [0.717, 1.165) is 55.8 Å². The second-order valence-corrected chi connectivity index (χ2v) is 12.8. The molecule has 3 aliphatic heterocycles. The lowest BCUT2D eigenvalue weighted by Crippen LogP contribution is -2.37. The van der Waals surface area contributed by atoms with E-state index in [4.69, 9.17) is 27.1 Å². The highest BCUT2D eigenvalue weighted by molar-refractivity contribution is 7.22. The molecule has 2 aromatic carbocycles. The summed E-state index contributed by atoms with van der Waals surface area (Å²) in [5.41, 5.74) is 8.42. The third-order valence-electron chi connectivity index (χ3n) is 8.36. The van der Waals surface area contributed by atoms with Crippen LogP contribution in [-0.4, -0.2) is 57.7 Å². The number of nitrogens with one attached hydrogen (secondary N) is 1. The zero-order valence-electron chi connectivity index (χ0n) is 22.7. The predicted molar refractivity (Wildman–Crippen MR) is 160 cm³/mol. The number of nitrogens with two attached hydrogens (primary N) is 1. The van der Waals surface area contributed by atoms with Gasteiger partial charge in [-0.05, 0) is 75.9 Å². The van der Waals surface area contributed by atoms with Gasteiger partial charge in [0.1, 0.15) is 17.4 Å². The van der Waals surface area contributed by atoms with Gasteiger partial charge in [0.25, 0.3) is 0 Å². The summed E-state index contributed by atoms with van der Waals surface area (Å²) >= 11 is 7.81. The molecule has 3 N–H and O–H groups in total. The molecular formula is C30H31ClF2N6OS. The van der Waals surface area contributed by atoms with E-state index in [2.05, 4.69) is 26.3 Å². The van der Waals surface area contributed by atoms with Crippen LogP contribution in [0.25, 0.3) is 37.8 Å². The fourth-order valence-electron chi connectivity index (χ4n) is 6.53. The fourth-order valence-corrected chi connectivity index (χ4v) is 7.59. The number of anilines is 1. The molecule has 3 atom stereocenters. The lowest BCUT2D eigenvalue weighted by molar-refractivity contribution is 0.122. The molecule has 11 heteroatoms. The Kier molecular flexibility index (Phi) is 7.05. The van der Waals surface area contributed by atoms with Crippen LogP contribution in [0.3, 0.4) is 0 Å². The summed E-state index contributed by atoms with van der Waals surface area (Å²) in [6, 6.07) is 5.24. The van der Waals surface area contributed by atoms with Crippen LogP contribution < -0.4 is 15.8 Å². The smallest absolute Gasteiger partial charge is 0.317 e. The van der Waals surface area contributed by atoms with Gasteiger partial charge in [-0.25, -0.2) is 13.8 Å². The molecule has 2 saturated heterocycles. The Morgan fingerprint density at radius 2 is 1.98 bits per heavy atom. The predicted octanol–water partition coefficient (Wildman–Crippen LogP) is 6.58. The second-order valence-electron chi connectivity index (χ2n) is 11.4. The second kappa shape index (κ2) is 10.7. The van der Waals surface area contributed by atoms with Gasteiger partial charge in [-0.2, -0.15) is 9.97 Å². The van der Waals surface area contributed by atoms with Crippen molar-refractivity contribution in [1.29, 1.82) is 0 Å². The standard InChI is InChI=1S/C30H31ClF2N6OS/c1-15(14-39-9-3-2-4-10-39)40-30-37-25(16-11-17-5-6-18(12-16)35-17)20-13-21(31)23(24(33)26(20)38-30)19-7-8-22(32)28-27(19)36-29(34)41-28/h7-8,11,13,15,17-18,35H,2-6,9-10,12,14H2,1H3,(H2,34,36). The van der Waals surface area contributed by atoms with Crippen molar-refractivity contribution in [3.8, 4) is 17.1 Å². The molecule has 2 aromatic heterocycles. The van der Waals surface area contributed by atoms with Crippen LogP contribution >= 0.6 is 22.9 Å². The van der Waals surface area contributed by atoms with E-state index in [1.807, 2.05) is 6.92 Å². The zero-order chi connectivity index (χ0) is 28.2. The number of fused-ring (bicyclic) bond motifs is 4. The maximum atomic E-state index is 16.6. The van der Waals surface area contributed by atoms with Gasteiger partial charge in [0.05, 0.1) is 20.9 Å². The Hall–Kier alpha value is -2.92. The van der Waals surface area contributed by atoms with Gasteiger partial charge in [0, 0.05) is 35.1 Å². The fraction of sp³-hybridized carbons (Fsp3) is 0.433. The first-order valence-electron chi connectivity index (χ1n) is 14.2. The number of nitrogens with zero attached hydrogens (tertiary/aromatic N) is 4. The lowest BCUT2D eigenvalue weighted by atomic mass is 9.95. The molecule has 0 aliphatic carbocycles. The normalized spacial score (nSPS) is 21.9. The van der Waals surface area contributed by atoms with Crippen LogP contribution in [0.4, 0.5) is 13.9 Å². The van der Waals surface area contributed by atoms with Crippen molar-refractivity contribution in [3.05, 3.63) is 46.6 Å². The largest absolute Gasteiger partial charge is 0.459 e. The summed E-state index contributed by atoms with van der Waals surface area (Å²) in [5.74, 6) is -1.09. The highest BCUT2D eigenvalue weighted by Crippen LogP contribution is 2.43. The van der Waals surface area contributed by atoms with Crippen molar-refractivity contribution in [2.45, 2.75) is 63.6 Å². The van der Waals surface area contributed by atoms with Crippen molar-refractivity contribution in [2.75, 3.05) is 25.4 Å². The summed E-state index contributed by atoms with van der Waals surface area (Å²) < 4.78 is 37.7. The Morgan fingerprint density at radius 3 is 2.78 bits per heavy atom. The summed E-state index contributed by atoms with van der Waals surface area (Å²) in [6.07, 6.45) is 8.56. The van der Waals surface area contributed by atoms with Crippen LogP contribution in [0.1, 0.15) is 51.1 Å². The van der Waals surface area contributed by atoms with Crippen LogP contribution in [-0.2, 0) is 0 Å². The average Bonchev–Trinajstić information content (AvgIpc) is 3.51. The van der Waals surface area contributed by atoms with E-state index >= 15 is 4.39 Å². The number of aromatic nitrogens is 3.